The van der Waals surface area contributed by atoms with Crippen molar-refractivity contribution in [3.8, 4) is 11.5 Å². The Hall–Kier alpha value is -2.12. The van der Waals surface area contributed by atoms with E-state index in [0.29, 0.717) is 43.1 Å². The number of aryl methyl sites for hydroxylation is 1. The molecule has 7 heteroatoms. The second-order valence-corrected chi connectivity index (χ2v) is 6.57. The van der Waals surface area contributed by atoms with E-state index < -0.39 is 6.10 Å². The van der Waals surface area contributed by atoms with Crippen LogP contribution >= 0.6 is 0 Å². The summed E-state index contributed by atoms with van der Waals surface area (Å²) in [5.41, 5.74) is 2.48. The molecule has 1 fully saturated rings. The molecule has 2 heterocycles. The third kappa shape index (κ3) is 3.93. The minimum Gasteiger partial charge on any atom is -0.493 e. The number of likely N-dealkylation sites (tertiary alicyclic amines) is 1. The number of hydrogen-bond donors (Lipinski definition) is 2. The number of rotatable bonds is 6. The molecule has 1 aliphatic heterocycles. The molecule has 1 aromatic heterocycles. The third-order valence-electron chi connectivity index (χ3n) is 4.66. The van der Waals surface area contributed by atoms with Gasteiger partial charge in [-0.2, -0.15) is 5.10 Å². The Morgan fingerprint density at radius 1 is 1.24 bits per heavy atom. The van der Waals surface area contributed by atoms with Crippen molar-refractivity contribution >= 4 is 0 Å². The van der Waals surface area contributed by atoms with Gasteiger partial charge < -0.3 is 14.6 Å². The molecule has 6 nitrogen and oxygen atoms in total. The van der Waals surface area contributed by atoms with Crippen LogP contribution < -0.4 is 9.47 Å². The largest absolute Gasteiger partial charge is 0.493 e. The molecule has 25 heavy (non-hydrogen) atoms. The Bertz CT molecular complexity index is 734. The van der Waals surface area contributed by atoms with Crippen molar-refractivity contribution < 1.29 is 19.0 Å². The maximum Gasteiger partial charge on any atom is 0.163 e. The van der Waals surface area contributed by atoms with E-state index in [1.807, 2.05) is 13.0 Å². The molecule has 3 rings (SSSR count). The quantitative estimate of drug-likeness (QED) is 0.834. The van der Waals surface area contributed by atoms with E-state index in [9.17, 15) is 9.50 Å². The van der Waals surface area contributed by atoms with E-state index in [4.69, 9.17) is 9.47 Å². The Morgan fingerprint density at radius 3 is 2.60 bits per heavy atom. The number of aliphatic hydroxyl groups is 1. The minimum atomic E-state index is -0.444. The highest BCUT2D eigenvalue weighted by atomic mass is 19.1. The molecule has 0 bridgehead atoms. The van der Waals surface area contributed by atoms with Crippen molar-refractivity contribution in [2.24, 2.45) is 5.92 Å². The van der Waals surface area contributed by atoms with Crippen molar-refractivity contribution in [2.75, 3.05) is 27.3 Å². The first-order chi connectivity index (χ1) is 12.0. The van der Waals surface area contributed by atoms with Gasteiger partial charge in [-0.1, -0.05) is 0 Å². The number of aromatic nitrogens is 2. The van der Waals surface area contributed by atoms with Gasteiger partial charge in [-0.05, 0) is 25.5 Å². The molecule has 0 radical (unpaired) electrons. The summed E-state index contributed by atoms with van der Waals surface area (Å²) < 4.78 is 24.7. The van der Waals surface area contributed by atoms with Crippen LogP contribution in [0.3, 0.4) is 0 Å². The highest BCUT2D eigenvalue weighted by molar-refractivity contribution is 5.43. The minimum absolute atomic E-state index is 0.0888. The van der Waals surface area contributed by atoms with Gasteiger partial charge in [-0.3, -0.25) is 10.00 Å². The summed E-state index contributed by atoms with van der Waals surface area (Å²) in [5, 5.41) is 17.5. The number of nitrogens with zero attached hydrogens (tertiary/aromatic N) is 2. The predicted octanol–water partition coefficient (Wildman–Crippen LogP) is 1.91. The van der Waals surface area contributed by atoms with Gasteiger partial charge in [0, 0.05) is 42.9 Å². The number of aliphatic hydroxyl groups excluding tert-OH is 1. The molecule has 2 atom stereocenters. The highest BCUT2D eigenvalue weighted by Crippen LogP contribution is 2.31. The number of H-pyrrole nitrogens is 1. The molecular weight excluding hydrogens is 325 g/mol. The van der Waals surface area contributed by atoms with Gasteiger partial charge in [-0.15, -0.1) is 0 Å². The first-order valence-electron chi connectivity index (χ1n) is 8.32. The number of ether oxygens (including phenoxy) is 2. The number of methoxy groups -OCH3 is 2. The van der Waals surface area contributed by atoms with Crippen LogP contribution in [-0.4, -0.2) is 53.6 Å². The zero-order valence-corrected chi connectivity index (χ0v) is 14.8. The summed E-state index contributed by atoms with van der Waals surface area (Å²) in [5.74, 6) is 0.628. The fourth-order valence-corrected chi connectivity index (χ4v) is 3.38. The smallest absolute Gasteiger partial charge is 0.163 e. The lowest BCUT2D eigenvalue weighted by molar-refractivity contribution is 0.140. The number of aromatic amines is 1. The van der Waals surface area contributed by atoms with Crippen LogP contribution in [0.1, 0.15) is 17.0 Å². The van der Waals surface area contributed by atoms with Crippen LogP contribution in [0.15, 0.2) is 18.2 Å². The summed E-state index contributed by atoms with van der Waals surface area (Å²) in [4.78, 5) is 2.05. The van der Waals surface area contributed by atoms with Gasteiger partial charge in [0.05, 0.1) is 26.0 Å². The molecule has 0 unspecified atom stereocenters. The molecule has 1 aromatic carbocycles. The molecule has 0 amide bonds. The van der Waals surface area contributed by atoms with E-state index in [1.165, 1.54) is 20.3 Å². The zero-order valence-electron chi connectivity index (χ0n) is 14.8. The molecule has 2 N–H and O–H groups in total. The van der Waals surface area contributed by atoms with Gasteiger partial charge in [0.1, 0.15) is 5.82 Å². The Balaban J connectivity index is 1.68. The molecule has 0 aliphatic carbocycles. The molecule has 0 saturated carbocycles. The lowest BCUT2D eigenvalue weighted by Gasteiger charge is -2.17. The van der Waals surface area contributed by atoms with Crippen molar-refractivity contribution in [1.29, 1.82) is 0 Å². The summed E-state index contributed by atoms with van der Waals surface area (Å²) in [7, 11) is 3.01. The Morgan fingerprint density at radius 2 is 1.96 bits per heavy atom. The Labute approximate surface area is 146 Å². The second-order valence-electron chi connectivity index (χ2n) is 6.57. The average Bonchev–Trinajstić information content (AvgIpc) is 3.15. The molecule has 1 aliphatic rings. The summed E-state index contributed by atoms with van der Waals surface area (Å²) in [6, 6.07) is 4.99. The van der Waals surface area contributed by atoms with Crippen LogP contribution in [0.25, 0.3) is 0 Å². The third-order valence-corrected chi connectivity index (χ3v) is 4.66. The first-order valence-corrected chi connectivity index (χ1v) is 8.32. The maximum atomic E-state index is 14.3. The van der Waals surface area contributed by atoms with Crippen molar-refractivity contribution in [3.05, 3.63) is 41.0 Å². The average molecular weight is 349 g/mol. The molecule has 0 spiro atoms. The lowest BCUT2D eigenvalue weighted by atomic mass is 10.0. The summed E-state index contributed by atoms with van der Waals surface area (Å²) in [6.07, 6.45) is 0.261. The molecule has 2 aromatic rings. The van der Waals surface area contributed by atoms with Crippen LogP contribution in [0.2, 0.25) is 0 Å². The predicted molar refractivity (Wildman–Crippen MR) is 91.3 cm³/mol. The SMILES string of the molecule is COc1cc(F)c(CN2C[C@@H](Cc3cc(C)[nH]n3)[C@H](O)C2)cc1OC. The molecule has 136 valence electrons. The first kappa shape index (κ1) is 17.7. The number of halogens is 1. The van der Waals surface area contributed by atoms with E-state index in [2.05, 4.69) is 15.1 Å². The van der Waals surface area contributed by atoms with Gasteiger partial charge >= 0.3 is 0 Å². The fourth-order valence-electron chi connectivity index (χ4n) is 3.38. The van der Waals surface area contributed by atoms with Crippen molar-refractivity contribution in [3.63, 3.8) is 0 Å². The van der Waals surface area contributed by atoms with Crippen LogP contribution in [0.5, 0.6) is 11.5 Å². The second kappa shape index (κ2) is 7.41. The zero-order chi connectivity index (χ0) is 18.0. The van der Waals surface area contributed by atoms with Gasteiger partial charge in [0.25, 0.3) is 0 Å². The van der Waals surface area contributed by atoms with Crippen molar-refractivity contribution in [1.82, 2.24) is 15.1 Å². The maximum absolute atomic E-state index is 14.3. The topological polar surface area (TPSA) is 70.6 Å². The van der Waals surface area contributed by atoms with Gasteiger partial charge in [0.15, 0.2) is 11.5 Å². The summed E-state index contributed by atoms with van der Waals surface area (Å²) >= 11 is 0. The Kier molecular flexibility index (Phi) is 5.24. The van der Waals surface area contributed by atoms with E-state index in [-0.39, 0.29) is 11.7 Å². The van der Waals surface area contributed by atoms with E-state index >= 15 is 0 Å². The standard InChI is InChI=1S/C18H24FN3O3/c1-11-4-14(21-20-11)5-13-9-22(10-16(13)23)8-12-6-17(24-2)18(25-3)7-15(12)19/h4,6-7,13,16,23H,5,8-10H2,1-3H3,(H,20,21)/t13-,16-/m1/s1. The number of benzene rings is 1. The number of nitrogens with one attached hydrogen (secondary N) is 1. The number of β-amino-alcohol motifs (C(OH)–C–C–N with tert-alkyl or cyclic N) is 1. The highest BCUT2D eigenvalue weighted by Gasteiger charge is 2.32. The number of hydrogen-bond acceptors (Lipinski definition) is 5. The van der Waals surface area contributed by atoms with E-state index in [1.54, 1.807) is 6.07 Å². The van der Waals surface area contributed by atoms with Crippen molar-refractivity contribution in [2.45, 2.75) is 26.0 Å². The van der Waals surface area contributed by atoms with E-state index in [0.717, 1.165) is 11.4 Å². The van der Waals surface area contributed by atoms with Crippen LogP contribution in [0.4, 0.5) is 4.39 Å². The van der Waals surface area contributed by atoms with Gasteiger partial charge in [0.2, 0.25) is 0 Å². The monoisotopic (exact) mass is 349 g/mol. The summed E-state index contributed by atoms with van der Waals surface area (Å²) in [6.45, 7) is 3.58. The lowest BCUT2D eigenvalue weighted by Crippen LogP contribution is -2.22. The molecule has 1 saturated heterocycles. The van der Waals surface area contributed by atoms with Gasteiger partial charge in [-0.25, -0.2) is 4.39 Å². The van der Waals surface area contributed by atoms with Crippen LogP contribution in [0, 0.1) is 18.7 Å². The molecular formula is C18H24FN3O3. The normalized spacial score (nSPS) is 20.8. The van der Waals surface area contributed by atoms with Crippen LogP contribution in [-0.2, 0) is 13.0 Å². The fraction of sp³-hybridized carbons (Fsp3) is 0.500.